The van der Waals surface area contributed by atoms with E-state index in [1.165, 1.54) is 12.1 Å². The van der Waals surface area contributed by atoms with Gasteiger partial charge in [-0.25, -0.2) is 0 Å². The Morgan fingerprint density at radius 3 is 1.94 bits per heavy atom. The van der Waals surface area contributed by atoms with E-state index in [0.29, 0.717) is 6.54 Å². The second-order valence-electron chi connectivity index (χ2n) is 3.27. The first-order valence-corrected chi connectivity index (χ1v) is 4.30. The molecule has 0 amide bonds. The van der Waals surface area contributed by atoms with Gasteiger partial charge in [-0.1, -0.05) is 24.3 Å². The van der Waals surface area contributed by atoms with Gasteiger partial charge < -0.3 is 5.73 Å². The molecule has 0 saturated carbocycles. The van der Waals surface area contributed by atoms with Crippen LogP contribution in [0.3, 0.4) is 0 Å². The van der Waals surface area contributed by atoms with Crippen LogP contribution in [0.5, 0.6) is 0 Å². The summed E-state index contributed by atoms with van der Waals surface area (Å²) in [5.74, 6) is 0. The maximum Gasteiger partial charge on any atom is 0.442 e. The van der Waals surface area contributed by atoms with Crippen LogP contribution in [0.2, 0.25) is 0 Å². The molecule has 7 heteroatoms. The Labute approximate surface area is 96.0 Å². The second kappa shape index (κ2) is 4.03. The Morgan fingerprint density at radius 2 is 1.62 bits per heavy atom. The van der Waals surface area contributed by atoms with Crippen molar-refractivity contribution < 1.29 is 13.2 Å². The van der Waals surface area contributed by atoms with Gasteiger partial charge in [-0.2, -0.15) is 13.2 Å². The Kier molecular flexibility index (Phi) is 3.25. The van der Waals surface area contributed by atoms with E-state index in [9.17, 15) is 13.2 Å². The predicted octanol–water partition coefficient (Wildman–Crippen LogP) is 2.75. The summed E-state index contributed by atoms with van der Waals surface area (Å²) in [6.45, 7) is 0.299. The Bertz CT molecular complexity index is 393. The molecule has 1 aromatic rings. The molecule has 0 spiro atoms. The molecular weight excluding hydrogens is 243 g/mol. The van der Waals surface area contributed by atoms with Crippen LogP contribution in [0.25, 0.3) is 0 Å². The zero-order valence-electron chi connectivity index (χ0n) is 8.03. The molecule has 88 valence electrons. The molecule has 1 heterocycles. The molecule has 1 aliphatic rings. The summed E-state index contributed by atoms with van der Waals surface area (Å²) in [4.78, 5) is 0. The first-order chi connectivity index (χ1) is 6.99. The number of rotatable bonds is 2. The van der Waals surface area contributed by atoms with Gasteiger partial charge in [0.2, 0.25) is 0 Å². The number of nitrogens with zero attached hydrogens (tertiary/aromatic N) is 2. The largest absolute Gasteiger partial charge is 0.442 e. The lowest BCUT2D eigenvalue weighted by atomic mass is 10.0. The van der Waals surface area contributed by atoms with Gasteiger partial charge in [0.05, 0.1) is 0 Å². The molecule has 16 heavy (non-hydrogen) atoms. The lowest BCUT2D eigenvalue weighted by Gasteiger charge is -2.14. The average Bonchev–Trinajstić information content (AvgIpc) is 2.98. The maximum atomic E-state index is 12.6. The number of benzene rings is 1. The molecule has 1 aliphatic heterocycles. The third kappa shape index (κ3) is 1.90. The van der Waals surface area contributed by atoms with Crippen molar-refractivity contribution in [2.24, 2.45) is 16.0 Å². The molecule has 0 aromatic heterocycles. The minimum atomic E-state index is -4.46. The summed E-state index contributed by atoms with van der Waals surface area (Å²) in [6.07, 6.45) is -4.46. The van der Waals surface area contributed by atoms with Gasteiger partial charge >= 0.3 is 11.8 Å². The standard InChI is InChI=1S/C9H8F3N3.ClH/c10-9(11,12)8(14-15-8)7-3-1-6(5-13)2-4-7;/h1-4H,5,13H2;1H. The van der Waals surface area contributed by atoms with Crippen molar-refractivity contribution in [3.63, 3.8) is 0 Å². The van der Waals surface area contributed by atoms with Crippen LogP contribution in [0.15, 0.2) is 34.5 Å². The summed E-state index contributed by atoms with van der Waals surface area (Å²) in [6, 6.07) is 5.81. The topological polar surface area (TPSA) is 50.7 Å². The molecule has 0 unspecified atom stereocenters. The Balaban J connectivity index is 0.00000128. The van der Waals surface area contributed by atoms with Gasteiger partial charge in [0.15, 0.2) is 0 Å². The van der Waals surface area contributed by atoms with E-state index in [2.05, 4.69) is 10.2 Å². The fourth-order valence-corrected chi connectivity index (χ4v) is 1.32. The molecule has 2 rings (SSSR count). The van der Waals surface area contributed by atoms with Crippen molar-refractivity contribution in [1.82, 2.24) is 0 Å². The summed E-state index contributed by atoms with van der Waals surface area (Å²) in [5, 5.41) is 6.20. The van der Waals surface area contributed by atoms with Crippen molar-refractivity contribution in [2.75, 3.05) is 0 Å². The molecule has 0 saturated heterocycles. The molecule has 0 atom stereocenters. The van der Waals surface area contributed by atoms with Gasteiger partial charge in [0, 0.05) is 12.1 Å². The van der Waals surface area contributed by atoms with Gasteiger partial charge in [0.25, 0.3) is 0 Å². The molecule has 0 aliphatic carbocycles. The van der Waals surface area contributed by atoms with Crippen molar-refractivity contribution in [3.8, 4) is 0 Å². The number of nitrogens with two attached hydrogens (primary N) is 1. The van der Waals surface area contributed by atoms with Crippen molar-refractivity contribution >= 4 is 12.4 Å². The zero-order chi connectivity index (χ0) is 11.1. The molecular formula is C9H9ClF3N3. The van der Waals surface area contributed by atoms with Gasteiger partial charge in [-0.3, -0.25) is 0 Å². The van der Waals surface area contributed by atoms with E-state index in [0.717, 1.165) is 5.56 Å². The quantitative estimate of drug-likeness (QED) is 0.863. The van der Waals surface area contributed by atoms with Crippen LogP contribution in [-0.2, 0) is 12.2 Å². The Hall–Kier alpha value is -1.14. The summed E-state index contributed by atoms with van der Waals surface area (Å²) < 4.78 is 37.7. The van der Waals surface area contributed by atoms with Crippen molar-refractivity contribution in [1.29, 1.82) is 0 Å². The Morgan fingerprint density at radius 1 is 1.12 bits per heavy atom. The highest BCUT2D eigenvalue weighted by atomic mass is 35.5. The van der Waals surface area contributed by atoms with Crippen LogP contribution < -0.4 is 5.73 Å². The van der Waals surface area contributed by atoms with E-state index < -0.39 is 11.8 Å². The summed E-state index contributed by atoms with van der Waals surface area (Å²) in [7, 11) is 0. The molecule has 1 aromatic carbocycles. The SMILES string of the molecule is Cl.NCc1ccc(C2(C(F)(F)F)N=N2)cc1. The van der Waals surface area contributed by atoms with E-state index in [1.54, 1.807) is 12.1 Å². The van der Waals surface area contributed by atoms with Crippen LogP contribution in [0.4, 0.5) is 13.2 Å². The second-order valence-corrected chi connectivity index (χ2v) is 3.27. The van der Waals surface area contributed by atoms with E-state index in [-0.39, 0.29) is 18.0 Å². The van der Waals surface area contributed by atoms with E-state index in [1.807, 2.05) is 0 Å². The fraction of sp³-hybridized carbons (Fsp3) is 0.333. The first kappa shape index (κ1) is 12.9. The molecule has 0 radical (unpaired) electrons. The van der Waals surface area contributed by atoms with Crippen LogP contribution in [-0.4, -0.2) is 6.18 Å². The highest BCUT2D eigenvalue weighted by molar-refractivity contribution is 5.85. The third-order valence-electron chi connectivity index (χ3n) is 2.29. The average molecular weight is 252 g/mol. The monoisotopic (exact) mass is 251 g/mol. The van der Waals surface area contributed by atoms with E-state index in [4.69, 9.17) is 5.73 Å². The lowest BCUT2D eigenvalue weighted by Crippen LogP contribution is -2.30. The predicted molar refractivity (Wildman–Crippen MR) is 54.2 cm³/mol. The zero-order valence-corrected chi connectivity index (χ0v) is 8.85. The first-order valence-electron chi connectivity index (χ1n) is 4.30. The minimum Gasteiger partial charge on any atom is -0.326 e. The number of alkyl halides is 3. The van der Waals surface area contributed by atoms with Crippen LogP contribution >= 0.6 is 12.4 Å². The maximum absolute atomic E-state index is 12.6. The number of hydrogen-bond donors (Lipinski definition) is 1. The van der Waals surface area contributed by atoms with Crippen molar-refractivity contribution in [2.45, 2.75) is 18.4 Å². The minimum absolute atomic E-state index is 0. The van der Waals surface area contributed by atoms with Gasteiger partial charge in [-0.15, -0.1) is 22.6 Å². The van der Waals surface area contributed by atoms with Crippen LogP contribution in [0, 0.1) is 0 Å². The number of hydrogen-bond acceptors (Lipinski definition) is 3. The summed E-state index contributed by atoms with van der Waals surface area (Å²) in [5.41, 5.74) is 3.83. The molecule has 0 fully saturated rings. The lowest BCUT2D eigenvalue weighted by molar-refractivity contribution is -0.166. The highest BCUT2D eigenvalue weighted by Gasteiger charge is 2.65. The third-order valence-corrected chi connectivity index (χ3v) is 2.29. The van der Waals surface area contributed by atoms with Gasteiger partial charge in [-0.05, 0) is 5.56 Å². The van der Waals surface area contributed by atoms with Crippen LogP contribution in [0.1, 0.15) is 11.1 Å². The molecule has 3 nitrogen and oxygen atoms in total. The number of halogens is 4. The smallest absolute Gasteiger partial charge is 0.326 e. The highest BCUT2D eigenvalue weighted by Crippen LogP contribution is 2.52. The normalized spacial score (nSPS) is 16.8. The molecule has 2 N–H and O–H groups in total. The fourth-order valence-electron chi connectivity index (χ4n) is 1.32. The summed E-state index contributed by atoms with van der Waals surface area (Å²) >= 11 is 0. The van der Waals surface area contributed by atoms with Crippen molar-refractivity contribution in [3.05, 3.63) is 35.4 Å². The molecule has 0 bridgehead atoms. The van der Waals surface area contributed by atoms with Gasteiger partial charge in [0.1, 0.15) is 0 Å². The van der Waals surface area contributed by atoms with E-state index >= 15 is 0 Å².